The summed E-state index contributed by atoms with van der Waals surface area (Å²) in [4.78, 5) is 25.4. The molecule has 1 aromatic carbocycles. The van der Waals surface area contributed by atoms with Crippen LogP contribution in [0.15, 0.2) is 48.4 Å². The Hall–Kier alpha value is -3.62. The molecular formula is C21H20N3O6-. The largest absolute Gasteiger partial charge is 0.497 e. The summed E-state index contributed by atoms with van der Waals surface area (Å²) in [5, 5.41) is 15.9. The lowest BCUT2D eigenvalue weighted by Crippen LogP contribution is -2.42. The molecule has 0 amide bonds. The van der Waals surface area contributed by atoms with Crippen molar-refractivity contribution in [2.45, 2.75) is 26.0 Å². The predicted octanol–water partition coefficient (Wildman–Crippen LogP) is 3.17. The zero-order chi connectivity index (χ0) is 21.4. The number of hydrogen-bond acceptors (Lipinski definition) is 7. The molecule has 4 heterocycles. The smallest absolute Gasteiger partial charge is 0.337 e. The van der Waals surface area contributed by atoms with Crippen molar-refractivity contribution < 1.29 is 19.4 Å². The maximum absolute atomic E-state index is 12.3. The van der Waals surface area contributed by atoms with Crippen molar-refractivity contribution in [2.75, 3.05) is 7.11 Å². The second kappa shape index (κ2) is 7.66. The second-order valence-electron chi connectivity index (χ2n) is 7.41. The molecule has 5 rings (SSSR count). The molecule has 0 aromatic heterocycles. The van der Waals surface area contributed by atoms with Gasteiger partial charge in [-0.2, -0.15) is 0 Å². The summed E-state index contributed by atoms with van der Waals surface area (Å²) < 4.78 is 13.0. The highest BCUT2D eigenvalue weighted by atomic mass is 16.9. The van der Waals surface area contributed by atoms with Crippen LogP contribution in [0.1, 0.15) is 12.6 Å². The van der Waals surface area contributed by atoms with Gasteiger partial charge in [0.15, 0.2) is 0 Å². The van der Waals surface area contributed by atoms with E-state index in [4.69, 9.17) is 29.8 Å². The topological polar surface area (TPSA) is 120 Å². The fourth-order valence-corrected chi connectivity index (χ4v) is 4.49. The Morgan fingerprint density at radius 2 is 2.03 bits per heavy atom. The summed E-state index contributed by atoms with van der Waals surface area (Å²) in [6.07, 6.45) is 4.57. The molecule has 0 saturated carbocycles. The van der Waals surface area contributed by atoms with Gasteiger partial charge in [-0.05, 0) is 25.5 Å². The van der Waals surface area contributed by atoms with Crippen molar-refractivity contribution in [3.05, 3.63) is 69.4 Å². The zero-order valence-electron chi connectivity index (χ0n) is 16.5. The van der Waals surface area contributed by atoms with Gasteiger partial charge in [0.05, 0.1) is 35.2 Å². The summed E-state index contributed by atoms with van der Waals surface area (Å²) in [7, 11) is 1.42. The lowest BCUT2D eigenvalue weighted by Gasteiger charge is -2.41. The average molecular weight is 410 g/mol. The Kier molecular flexibility index (Phi) is 5.03. The van der Waals surface area contributed by atoms with Crippen molar-refractivity contribution in [3.63, 3.8) is 0 Å². The van der Waals surface area contributed by atoms with Crippen LogP contribution in [-0.4, -0.2) is 33.8 Å². The van der Waals surface area contributed by atoms with E-state index in [1.807, 2.05) is 18.2 Å². The third-order valence-electron chi connectivity index (χ3n) is 5.89. The van der Waals surface area contributed by atoms with Gasteiger partial charge in [0.1, 0.15) is 6.10 Å². The van der Waals surface area contributed by atoms with Crippen LogP contribution >= 0.6 is 0 Å². The van der Waals surface area contributed by atoms with Crippen LogP contribution in [0.3, 0.4) is 0 Å². The number of para-hydroxylation sites is 1. The molecule has 4 aliphatic rings. The van der Waals surface area contributed by atoms with Gasteiger partial charge in [-0.3, -0.25) is 0 Å². The number of nitrogens with zero attached hydrogens (tertiary/aromatic N) is 3. The minimum Gasteiger partial charge on any atom is -0.497 e. The van der Waals surface area contributed by atoms with Gasteiger partial charge in [-0.15, -0.1) is 0 Å². The minimum atomic E-state index is -1.75. The quantitative estimate of drug-likeness (QED) is 0.343. The van der Waals surface area contributed by atoms with Gasteiger partial charge in [0.2, 0.25) is 0 Å². The fraction of sp³-hybridized carbons (Fsp3) is 0.333. The second-order valence-corrected chi connectivity index (χ2v) is 7.41. The third kappa shape index (κ3) is 3.32. The molecule has 0 fully saturated rings. The molecule has 0 bridgehead atoms. The summed E-state index contributed by atoms with van der Waals surface area (Å²) in [6, 6.07) is 10.4. The average Bonchev–Trinajstić information content (AvgIpc) is 3.11. The molecule has 156 valence electrons. The van der Waals surface area contributed by atoms with E-state index in [2.05, 4.69) is 29.8 Å². The molecule has 0 saturated heterocycles. The number of esters is 1. The van der Waals surface area contributed by atoms with E-state index in [1.54, 1.807) is 6.26 Å². The highest BCUT2D eigenvalue weighted by Crippen LogP contribution is 2.42. The van der Waals surface area contributed by atoms with Crippen molar-refractivity contribution >= 4 is 16.9 Å². The van der Waals surface area contributed by atoms with Crippen molar-refractivity contribution in [3.8, 4) is 11.3 Å². The first-order chi connectivity index (χ1) is 14.4. The molecular weight excluding hydrogens is 390 g/mol. The molecule has 4 aliphatic heterocycles. The summed E-state index contributed by atoms with van der Waals surface area (Å²) in [5.41, 5.74) is 5.05. The number of carbonyl (C=O) groups excluding carboxylic acids is 1. The Morgan fingerprint density at radius 1 is 1.30 bits per heavy atom. The number of benzene rings is 1. The van der Waals surface area contributed by atoms with Crippen LogP contribution in [0.25, 0.3) is 22.2 Å². The van der Waals surface area contributed by atoms with Crippen LogP contribution in [-0.2, 0) is 27.2 Å². The van der Waals surface area contributed by atoms with Gasteiger partial charge in [0.25, 0.3) is 0 Å². The van der Waals surface area contributed by atoms with Crippen LogP contribution in [0, 0.1) is 27.2 Å². The molecule has 0 unspecified atom stereocenters. The van der Waals surface area contributed by atoms with Crippen molar-refractivity contribution in [2.24, 2.45) is 11.8 Å². The standard InChI is InChI=1S/C21H20N2O3.NO3/c1-12-16-10-23-8-7-14-13-5-3-4-6-18(13)22-20(14)19(23)9-15(16)17(11-26-12)21(24)25-2;2-1(3)4/h3-8,11-12,15-16H,9-10H2,1-2H3;/q;-1/t12-,15-,16+;/m0./s1. The number of aromatic nitrogens is 2. The highest BCUT2D eigenvalue weighted by molar-refractivity contribution is 5.98. The van der Waals surface area contributed by atoms with Crippen LogP contribution < -0.4 is 0 Å². The maximum Gasteiger partial charge on any atom is 0.337 e. The van der Waals surface area contributed by atoms with E-state index in [1.165, 1.54) is 23.8 Å². The zero-order valence-corrected chi connectivity index (χ0v) is 16.5. The third-order valence-corrected chi connectivity index (χ3v) is 5.89. The van der Waals surface area contributed by atoms with E-state index < -0.39 is 5.09 Å². The number of fused-ring (bicyclic) bond motifs is 6. The van der Waals surface area contributed by atoms with Crippen molar-refractivity contribution in [1.82, 2.24) is 9.55 Å². The van der Waals surface area contributed by atoms with Crippen LogP contribution in [0.2, 0.25) is 0 Å². The van der Waals surface area contributed by atoms with Gasteiger partial charge in [-0.25, -0.2) is 9.78 Å². The van der Waals surface area contributed by atoms with Gasteiger partial charge >= 0.3 is 5.97 Å². The first-order valence-corrected chi connectivity index (χ1v) is 9.52. The van der Waals surface area contributed by atoms with E-state index in [9.17, 15) is 4.79 Å². The fourth-order valence-electron chi connectivity index (χ4n) is 4.49. The summed E-state index contributed by atoms with van der Waals surface area (Å²) >= 11 is 0. The molecule has 0 aliphatic carbocycles. The molecule has 9 nitrogen and oxygen atoms in total. The Morgan fingerprint density at radius 3 is 2.77 bits per heavy atom. The maximum atomic E-state index is 12.3. The number of carbonyl (C=O) groups is 1. The molecule has 0 N–H and O–H groups in total. The Balaban J connectivity index is 0.000000503. The molecule has 0 radical (unpaired) electrons. The van der Waals surface area contributed by atoms with Crippen LogP contribution in [0.5, 0.6) is 0 Å². The lowest BCUT2D eigenvalue weighted by atomic mass is 9.75. The summed E-state index contributed by atoms with van der Waals surface area (Å²) in [6.45, 7) is 2.88. The predicted molar refractivity (Wildman–Crippen MR) is 108 cm³/mol. The first-order valence-electron chi connectivity index (χ1n) is 9.52. The molecule has 9 heteroatoms. The Bertz CT molecular complexity index is 1120. The normalized spacial score (nSPS) is 22.1. The van der Waals surface area contributed by atoms with Gasteiger partial charge in [0, 0.05) is 41.2 Å². The monoisotopic (exact) mass is 410 g/mol. The SMILES string of the molecule is COC(=O)C1=CO[C@@H](C)[C@H]2Cn3ccc4c5ccccc5nc-4c3C[C@H]12.O=[N+]([O-])[O-]. The first kappa shape index (κ1) is 19.7. The minimum absolute atomic E-state index is 0.0662. The number of methoxy groups -OCH3 is 1. The Labute approximate surface area is 172 Å². The van der Waals surface area contributed by atoms with E-state index in [0.29, 0.717) is 5.57 Å². The van der Waals surface area contributed by atoms with E-state index in [0.717, 1.165) is 24.2 Å². The highest BCUT2D eigenvalue weighted by Gasteiger charge is 2.42. The number of rotatable bonds is 1. The van der Waals surface area contributed by atoms with Crippen LogP contribution in [0.4, 0.5) is 0 Å². The molecule has 1 aromatic rings. The molecule has 0 spiro atoms. The lowest BCUT2D eigenvalue weighted by molar-refractivity contribution is -0.402. The summed E-state index contributed by atoms with van der Waals surface area (Å²) in [5.74, 6) is 0.0400. The number of pyridine rings is 1. The van der Waals surface area contributed by atoms with Gasteiger partial charge < -0.3 is 29.4 Å². The number of hydrogen-bond donors (Lipinski definition) is 0. The van der Waals surface area contributed by atoms with E-state index in [-0.39, 0.29) is 23.9 Å². The molecule has 30 heavy (non-hydrogen) atoms. The van der Waals surface area contributed by atoms with E-state index >= 15 is 0 Å². The van der Waals surface area contributed by atoms with Gasteiger partial charge in [-0.1, -0.05) is 18.2 Å². The molecule has 3 atom stereocenters. The van der Waals surface area contributed by atoms with Crippen molar-refractivity contribution in [1.29, 1.82) is 0 Å². The number of ether oxygens (including phenoxy) is 2.